The van der Waals surface area contributed by atoms with E-state index < -0.39 is 12.1 Å². The van der Waals surface area contributed by atoms with Crippen LogP contribution in [0.1, 0.15) is 31.1 Å². The molecule has 27 heavy (non-hydrogen) atoms. The first-order chi connectivity index (χ1) is 12.8. The third-order valence-electron chi connectivity index (χ3n) is 4.29. The number of esters is 1. The standard InChI is InChI=1S/C19H27NO7/c1-11-9-20(10-12(2)26-11)18(21)13(3)27-19(22)14-7-16(24-5)17(25-6)8-15(14)23-4/h7-8,11-13H,9-10H2,1-6H3. The molecule has 0 spiro atoms. The second-order valence-corrected chi connectivity index (χ2v) is 6.46. The Hall–Kier alpha value is -2.48. The van der Waals surface area contributed by atoms with E-state index in [1.54, 1.807) is 11.8 Å². The van der Waals surface area contributed by atoms with Crippen molar-refractivity contribution in [2.45, 2.75) is 39.1 Å². The molecule has 1 saturated heterocycles. The fraction of sp³-hybridized carbons (Fsp3) is 0.579. The maximum absolute atomic E-state index is 12.7. The summed E-state index contributed by atoms with van der Waals surface area (Å²) in [4.78, 5) is 26.9. The maximum Gasteiger partial charge on any atom is 0.342 e. The predicted octanol–water partition coefficient (Wildman–Crippen LogP) is 1.89. The lowest BCUT2D eigenvalue weighted by atomic mass is 10.1. The highest BCUT2D eigenvalue weighted by atomic mass is 16.6. The topological polar surface area (TPSA) is 83.5 Å². The predicted molar refractivity (Wildman–Crippen MR) is 97.6 cm³/mol. The van der Waals surface area contributed by atoms with Gasteiger partial charge in [0.15, 0.2) is 17.6 Å². The van der Waals surface area contributed by atoms with Crippen LogP contribution in [0.4, 0.5) is 0 Å². The smallest absolute Gasteiger partial charge is 0.342 e. The number of hydrogen-bond donors (Lipinski definition) is 0. The highest BCUT2D eigenvalue weighted by Crippen LogP contribution is 2.35. The Bertz CT molecular complexity index is 681. The number of carbonyl (C=O) groups excluding carboxylic acids is 2. The molecule has 2 rings (SSSR count). The molecule has 8 heteroatoms. The molecule has 1 aliphatic rings. The van der Waals surface area contributed by atoms with E-state index in [4.69, 9.17) is 23.7 Å². The Balaban J connectivity index is 2.15. The highest BCUT2D eigenvalue weighted by Gasteiger charge is 2.31. The van der Waals surface area contributed by atoms with Crippen LogP contribution in [-0.4, -0.2) is 69.5 Å². The molecule has 1 aromatic carbocycles. The number of amides is 1. The molecule has 0 saturated carbocycles. The lowest BCUT2D eigenvalue weighted by Crippen LogP contribution is -2.51. The first kappa shape index (κ1) is 20.8. The number of benzene rings is 1. The van der Waals surface area contributed by atoms with Gasteiger partial charge in [0.05, 0.1) is 33.5 Å². The van der Waals surface area contributed by atoms with Crippen LogP contribution in [0, 0.1) is 0 Å². The van der Waals surface area contributed by atoms with Crippen LogP contribution in [0.5, 0.6) is 17.2 Å². The van der Waals surface area contributed by atoms with Crippen LogP contribution in [-0.2, 0) is 14.3 Å². The van der Waals surface area contributed by atoms with Crippen LogP contribution < -0.4 is 14.2 Å². The minimum Gasteiger partial charge on any atom is -0.496 e. The van der Waals surface area contributed by atoms with E-state index in [1.165, 1.54) is 33.5 Å². The average Bonchev–Trinajstić information content (AvgIpc) is 2.65. The van der Waals surface area contributed by atoms with Gasteiger partial charge in [-0.3, -0.25) is 4.79 Å². The summed E-state index contributed by atoms with van der Waals surface area (Å²) in [5.74, 6) is 0.116. The Labute approximate surface area is 159 Å². The third kappa shape index (κ3) is 4.82. The molecular formula is C19H27NO7. The van der Waals surface area contributed by atoms with Crippen molar-refractivity contribution >= 4 is 11.9 Å². The summed E-state index contributed by atoms with van der Waals surface area (Å²) < 4.78 is 26.7. The molecule has 0 aliphatic carbocycles. The fourth-order valence-corrected chi connectivity index (χ4v) is 3.08. The molecular weight excluding hydrogens is 354 g/mol. The van der Waals surface area contributed by atoms with Crippen LogP contribution >= 0.6 is 0 Å². The lowest BCUT2D eigenvalue weighted by Gasteiger charge is -2.36. The number of morpholine rings is 1. The van der Waals surface area contributed by atoms with E-state index in [0.29, 0.717) is 24.6 Å². The Morgan fingerprint density at radius 1 is 1.00 bits per heavy atom. The molecule has 3 unspecified atom stereocenters. The summed E-state index contributed by atoms with van der Waals surface area (Å²) in [7, 11) is 4.38. The summed E-state index contributed by atoms with van der Waals surface area (Å²) >= 11 is 0. The second kappa shape index (κ2) is 8.94. The SMILES string of the molecule is COc1cc(OC)c(C(=O)OC(C)C(=O)N2CC(C)OC(C)C2)cc1OC. The molecule has 1 amide bonds. The molecule has 0 bridgehead atoms. The number of rotatable bonds is 6. The molecule has 0 aromatic heterocycles. The molecule has 8 nitrogen and oxygen atoms in total. The van der Waals surface area contributed by atoms with Gasteiger partial charge in [-0.15, -0.1) is 0 Å². The molecule has 3 atom stereocenters. The zero-order chi connectivity index (χ0) is 20.1. The Kier molecular flexibility index (Phi) is 6.90. The van der Waals surface area contributed by atoms with Crippen molar-refractivity contribution in [1.82, 2.24) is 4.90 Å². The van der Waals surface area contributed by atoms with Crippen molar-refractivity contribution in [3.8, 4) is 17.2 Å². The molecule has 0 radical (unpaired) electrons. The first-order valence-corrected chi connectivity index (χ1v) is 8.75. The molecule has 1 fully saturated rings. The van der Waals surface area contributed by atoms with Crippen LogP contribution in [0.15, 0.2) is 12.1 Å². The van der Waals surface area contributed by atoms with Gasteiger partial charge >= 0.3 is 5.97 Å². The summed E-state index contributed by atoms with van der Waals surface area (Å²) in [5.41, 5.74) is 0.151. The number of methoxy groups -OCH3 is 3. The molecule has 1 heterocycles. The van der Waals surface area contributed by atoms with Gasteiger partial charge in [0.2, 0.25) is 0 Å². The third-order valence-corrected chi connectivity index (χ3v) is 4.29. The van der Waals surface area contributed by atoms with Crippen molar-refractivity contribution < 1.29 is 33.3 Å². The number of ether oxygens (including phenoxy) is 5. The van der Waals surface area contributed by atoms with E-state index in [-0.39, 0.29) is 29.4 Å². The zero-order valence-corrected chi connectivity index (χ0v) is 16.6. The first-order valence-electron chi connectivity index (χ1n) is 8.75. The van der Waals surface area contributed by atoms with Crippen LogP contribution in [0.3, 0.4) is 0 Å². The largest absolute Gasteiger partial charge is 0.496 e. The average molecular weight is 381 g/mol. The maximum atomic E-state index is 12.7. The summed E-state index contributed by atoms with van der Waals surface area (Å²) in [6.45, 7) is 6.29. The van der Waals surface area contributed by atoms with Gasteiger partial charge < -0.3 is 28.6 Å². The summed E-state index contributed by atoms with van der Waals surface area (Å²) in [6.07, 6.45) is -1.06. The molecule has 1 aromatic rings. The minimum atomic E-state index is -0.937. The van der Waals surface area contributed by atoms with Crippen molar-refractivity contribution in [1.29, 1.82) is 0 Å². The van der Waals surface area contributed by atoms with Gasteiger partial charge in [-0.1, -0.05) is 0 Å². The highest BCUT2D eigenvalue weighted by molar-refractivity contribution is 5.95. The van der Waals surface area contributed by atoms with Gasteiger partial charge in [0.1, 0.15) is 11.3 Å². The van der Waals surface area contributed by atoms with Gasteiger partial charge in [-0.25, -0.2) is 4.79 Å². The minimum absolute atomic E-state index is 0.0634. The lowest BCUT2D eigenvalue weighted by molar-refractivity contribution is -0.151. The van der Waals surface area contributed by atoms with Gasteiger partial charge in [0.25, 0.3) is 5.91 Å². The molecule has 1 aliphatic heterocycles. The normalized spacial score (nSPS) is 20.6. The van der Waals surface area contributed by atoms with Crippen molar-refractivity contribution in [2.24, 2.45) is 0 Å². The monoisotopic (exact) mass is 381 g/mol. The number of hydrogen-bond acceptors (Lipinski definition) is 7. The quantitative estimate of drug-likeness (QED) is 0.696. The van der Waals surface area contributed by atoms with Gasteiger partial charge in [-0.05, 0) is 20.8 Å². The Morgan fingerprint density at radius 2 is 1.52 bits per heavy atom. The van der Waals surface area contributed by atoms with Crippen molar-refractivity contribution in [2.75, 3.05) is 34.4 Å². The Morgan fingerprint density at radius 3 is 2.04 bits per heavy atom. The second-order valence-electron chi connectivity index (χ2n) is 6.46. The van der Waals surface area contributed by atoms with E-state index in [1.807, 2.05) is 13.8 Å². The van der Waals surface area contributed by atoms with Crippen LogP contribution in [0.2, 0.25) is 0 Å². The van der Waals surface area contributed by atoms with Crippen molar-refractivity contribution in [3.63, 3.8) is 0 Å². The summed E-state index contributed by atoms with van der Waals surface area (Å²) in [5, 5.41) is 0. The number of nitrogens with zero attached hydrogens (tertiary/aromatic N) is 1. The van der Waals surface area contributed by atoms with E-state index >= 15 is 0 Å². The van der Waals surface area contributed by atoms with Gasteiger partial charge in [0, 0.05) is 25.2 Å². The van der Waals surface area contributed by atoms with Gasteiger partial charge in [-0.2, -0.15) is 0 Å². The molecule has 150 valence electrons. The van der Waals surface area contributed by atoms with E-state index in [9.17, 15) is 9.59 Å². The fourth-order valence-electron chi connectivity index (χ4n) is 3.08. The van der Waals surface area contributed by atoms with Crippen molar-refractivity contribution in [3.05, 3.63) is 17.7 Å². The van der Waals surface area contributed by atoms with Crippen LogP contribution in [0.25, 0.3) is 0 Å². The van der Waals surface area contributed by atoms with E-state index in [2.05, 4.69) is 0 Å². The summed E-state index contributed by atoms with van der Waals surface area (Å²) in [6, 6.07) is 3.00. The molecule has 0 N–H and O–H groups in total. The zero-order valence-electron chi connectivity index (χ0n) is 16.6. The van der Waals surface area contributed by atoms with E-state index in [0.717, 1.165) is 0 Å². The number of carbonyl (C=O) groups is 2.